The van der Waals surface area contributed by atoms with E-state index in [-0.39, 0.29) is 5.91 Å². The molecule has 1 N–H and O–H groups in total. The van der Waals surface area contributed by atoms with Gasteiger partial charge in [-0.1, -0.05) is 42.5 Å². The summed E-state index contributed by atoms with van der Waals surface area (Å²) in [6.45, 7) is 1.99. The summed E-state index contributed by atoms with van der Waals surface area (Å²) in [5.74, 6) is -0.0922. The van der Waals surface area contributed by atoms with Crippen molar-refractivity contribution in [2.45, 2.75) is 6.92 Å². The zero-order valence-electron chi connectivity index (χ0n) is 14.1. The molecule has 0 spiro atoms. The van der Waals surface area contributed by atoms with Crippen molar-refractivity contribution in [3.8, 4) is 22.4 Å². The molecule has 4 aromatic rings. The summed E-state index contributed by atoms with van der Waals surface area (Å²) in [5.41, 5.74) is 4.71. The Bertz CT molecular complexity index is 1050. The first-order chi connectivity index (χ1) is 12.7. The summed E-state index contributed by atoms with van der Waals surface area (Å²) >= 11 is 3.07. The number of nitrogens with one attached hydrogen (secondary N) is 1. The number of thiazole rings is 1. The van der Waals surface area contributed by atoms with Gasteiger partial charge in [0.05, 0.1) is 15.6 Å². The fourth-order valence-corrected chi connectivity index (χ4v) is 4.20. The van der Waals surface area contributed by atoms with Crippen molar-refractivity contribution in [3.63, 3.8) is 0 Å². The van der Waals surface area contributed by atoms with E-state index in [4.69, 9.17) is 0 Å². The highest BCUT2D eigenvalue weighted by Crippen LogP contribution is 2.30. The largest absolute Gasteiger partial charge is 0.321 e. The van der Waals surface area contributed by atoms with Crippen LogP contribution in [0.25, 0.3) is 22.4 Å². The first kappa shape index (κ1) is 16.7. The third-order valence-electron chi connectivity index (χ3n) is 3.99. The van der Waals surface area contributed by atoms with E-state index in [9.17, 15) is 4.79 Å². The smallest absolute Gasteiger partial charge is 0.266 e. The summed E-state index contributed by atoms with van der Waals surface area (Å²) < 4.78 is 0. The molecule has 0 aliphatic heterocycles. The highest BCUT2D eigenvalue weighted by molar-refractivity contribution is 7.12. The molecule has 0 radical (unpaired) electrons. The van der Waals surface area contributed by atoms with Gasteiger partial charge in [-0.2, -0.15) is 0 Å². The standard InChI is InChI=1S/C21H16N2OS2/c1-14-22-19(13-26-14)16-8-5-9-17(12-16)23-21(24)20-18(10-11-25-20)15-6-3-2-4-7-15/h2-13H,1H3,(H,23,24). The molecule has 2 heterocycles. The number of thiophene rings is 1. The van der Waals surface area contributed by atoms with Crippen molar-refractivity contribution in [1.82, 2.24) is 4.98 Å². The molecule has 5 heteroatoms. The van der Waals surface area contributed by atoms with Crippen molar-refractivity contribution in [3.05, 3.63) is 81.3 Å². The second kappa shape index (κ2) is 7.23. The SMILES string of the molecule is Cc1nc(-c2cccc(NC(=O)c3sccc3-c3ccccc3)c2)cs1. The number of hydrogen-bond acceptors (Lipinski definition) is 4. The van der Waals surface area contributed by atoms with Crippen molar-refractivity contribution in [1.29, 1.82) is 0 Å². The zero-order chi connectivity index (χ0) is 17.9. The molecule has 128 valence electrons. The third-order valence-corrected chi connectivity index (χ3v) is 5.68. The molecule has 1 amide bonds. The summed E-state index contributed by atoms with van der Waals surface area (Å²) in [5, 5.41) is 8.03. The molecule has 0 aliphatic carbocycles. The monoisotopic (exact) mass is 376 g/mol. The van der Waals surface area contributed by atoms with Crippen molar-refractivity contribution in [2.75, 3.05) is 5.32 Å². The maximum atomic E-state index is 12.8. The lowest BCUT2D eigenvalue weighted by atomic mass is 10.1. The van der Waals surface area contributed by atoms with Gasteiger partial charge < -0.3 is 5.32 Å². The van der Waals surface area contributed by atoms with Crippen LogP contribution in [0.2, 0.25) is 0 Å². The molecular formula is C21H16N2OS2. The number of anilines is 1. The predicted molar refractivity (Wildman–Crippen MR) is 110 cm³/mol. The van der Waals surface area contributed by atoms with Gasteiger partial charge in [-0.3, -0.25) is 4.79 Å². The lowest BCUT2D eigenvalue weighted by Gasteiger charge is -2.08. The summed E-state index contributed by atoms with van der Waals surface area (Å²) in [7, 11) is 0. The quantitative estimate of drug-likeness (QED) is 0.467. The molecule has 0 fully saturated rings. The van der Waals surface area contributed by atoms with Crippen LogP contribution in [0.4, 0.5) is 5.69 Å². The van der Waals surface area contributed by atoms with Crippen molar-refractivity contribution < 1.29 is 4.79 Å². The Balaban J connectivity index is 1.59. The molecule has 0 unspecified atom stereocenters. The van der Waals surface area contributed by atoms with Gasteiger partial charge in [0.25, 0.3) is 5.91 Å². The van der Waals surface area contributed by atoms with Crippen LogP contribution in [0.1, 0.15) is 14.7 Å². The first-order valence-corrected chi connectivity index (χ1v) is 9.93. The molecule has 2 aromatic heterocycles. The van der Waals surface area contributed by atoms with Crippen LogP contribution in [0.5, 0.6) is 0 Å². The van der Waals surface area contributed by atoms with E-state index < -0.39 is 0 Å². The van der Waals surface area contributed by atoms with E-state index in [0.29, 0.717) is 4.88 Å². The van der Waals surface area contributed by atoms with E-state index >= 15 is 0 Å². The van der Waals surface area contributed by atoms with E-state index in [1.165, 1.54) is 11.3 Å². The summed E-state index contributed by atoms with van der Waals surface area (Å²) in [6.07, 6.45) is 0. The number of hydrogen-bond donors (Lipinski definition) is 1. The minimum absolute atomic E-state index is 0.0922. The van der Waals surface area contributed by atoms with Crippen molar-refractivity contribution in [2.24, 2.45) is 0 Å². The molecule has 0 atom stereocenters. The molecule has 0 saturated carbocycles. The van der Waals surface area contributed by atoms with E-state index in [2.05, 4.69) is 10.3 Å². The Morgan fingerprint density at radius 1 is 0.962 bits per heavy atom. The number of aryl methyl sites for hydroxylation is 1. The lowest BCUT2D eigenvalue weighted by Crippen LogP contribution is -2.11. The Morgan fingerprint density at radius 2 is 1.77 bits per heavy atom. The molecule has 3 nitrogen and oxygen atoms in total. The Labute approximate surface area is 160 Å². The Kier molecular flexibility index (Phi) is 4.65. The average Bonchev–Trinajstić information content (AvgIpc) is 3.32. The average molecular weight is 377 g/mol. The van der Waals surface area contributed by atoms with Gasteiger partial charge in [0.2, 0.25) is 0 Å². The Morgan fingerprint density at radius 3 is 2.54 bits per heavy atom. The molecule has 4 rings (SSSR count). The maximum absolute atomic E-state index is 12.8. The topological polar surface area (TPSA) is 42.0 Å². The first-order valence-electron chi connectivity index (χ1n) is 8.17. The van der Waals surface area contributed by atoms with Gasteiger partial charge in [-0.25, -0.2) is 4.98 Å². The van der Waals surface area contributed by atoms with E-state index in [1.54, 1.807) is 11.3 Å². The van der Waals surface area contributed by atoms with Gasteiger partial charge in [0, 0.05) is 22.2 Å². The summed E-state index contributed by atoms with van der Waals surface area (Å²) in [4.78, 5) is 18.0. The highest BCUT2D eigenvalue weighted by Gasteiger charge is 2.15. The minimum atomic E-state index is -0.0922. The normalized spacial score (nSPS) is 10.7. The lowest BCUT2D eigenvalue weighted by molar-refractivity contribution is 0.103. The van der Waals surface area contributed by atoms with Gasteiger partial charge in [0.15, 0.2) is 0 Å². The molecule has 0 saturated heterocycles. The molecule has 0 aliphatic rings. The van der Waals surface area contributed by atoms with E-state index in [0.717, 1.165) is 33.1 Å². The second-order valence-corrected chi connectivity index (χ2v) is 7.79. The number of nitrogens with zero attached hydrogens (tertiary/aromatic N) is 1. The van der Waals surface area contributed by atoms with Crippen LogP contribution in [-0.4, -0.2) is 10.9 Å². The number of aromatic nitrogens is 1. The van der Waals surface area contributed by atoms with Gasteiger partial charge >= 0.3 is 0 Å². The molecule has 26 heavy (non-hydrogen) atoms. The summed E-state index contributed by atoms with van der Waals surface area (Å²) in [6, 6.07) is 19.8. The van der Waals surface area contributed by atoms with Gasteiger partial charge in [-0.05, 0) is 36.1 Å². The molecule has 2 aromatic carbocycles. The van der Waals surface area contributed by atoms with Crippen LogP contribution < -0.4 is 5.32 Å². The number of benzene rings is 2. The highest BCUT2D eigenvalue weighted by atomic mass is 32.1. The van der Waals surface area contributed by atoms with Crippen LogP contribution >= 0.6 is 22.7 Å². The van der Waals surface area contributed by atoms with Crippen LogP contribution in [0.3, 0.4) is 0 Å². The number of carbonyl (C=O) groups excluding carboxylic acids is 1. The van der Waals surface area contributed by atoms with E-state index in [1.807, 2.05) is 78.3 Å². The van der Waals surface area contributed by atoms with Gasteiger partial charge in [0.1, 0.15) is 0 Å². The van der Waals surface area contributed by atoms with Crippen LogP contribution in [0, 0.1) is 6.92 Å². The molecular weight excluding hydrogens is 360 g/mol. The Hall–Kier alpha value is -2.76. The van der Waals surface area contributed by atoms with Crippen LogP contribution in [-0.2, 0) is 0 Å². The van der Waals surface area contributed by atoms with Crippen molar-refractivity contribution >= 4 is 34.3 Å². The minimum Gasteiger partial charge on any atom is -0.321 e. The maximum Gasteiger partial charge on any atom is 0.266 e. The number of amides is 1. The predicted octanol–water partition coefficient (Wildman–Crippen LogP) is 6.10. The fraction of sp³-hybridized carbons (Fsp3) is 0.0476. The molecule has 0 bridgehead atoms. The third kappa shape index (κ3) is 3.45. The van der Waals surface area contributed by atoms with Gasteiger partial charge in [-0.15, -0.1) is 22.7 Å². The zero-order valence-corrected chi connectivity index (χ0v) is 15.7. The second-order valence-electron chi connectivity index (χ2n) is 5.82. The van der Waals surface area contributed by atoms with Crippen LogP contribution in [0.15, 0.2) is 71.4 Å². The fourth-order valence-electron chi connectivity index (χ4n) is 2.77. The number of carbonyl (C=O) groups is 1. The number of rotatable bonds is 4.